The highest BCUT2D eigenvalue weighted by molar-refractivity contribution is 7.92. The van der Waals surface area contributed by atoms with Gasteiger partial charge in [0.2, 0.25) is 0 Å². The van der Waals surface area contributed by atoms with Crippen LogP contribution in [0.1, 0.15) is 11.1 Å². The van der Waals surface area contributed by atoms with Gasteiger partial charge in [-0.15, -0.1) is 0 Å². The van der Waals surface area contributed by atoms with Crippen molar-refractivity contribution in [2.45, 2.75) is 18.4 Å². The second-order valence-corrected chi connectivity index (χ2v) is 6.10. The molecule has 6 heteroatoms. The molecule has 4 nitrogen and oxygen atoms in total. The molecule has 0 spiro atoms. The summed E-state index contributed by atoms with van der Waals surface area (Å²) < 4.78 is 40.0. The third-order valence-corrected chi connectivity index (χ3v) is 4.29. The molecule has 0 heterocycles. The van der Waals surface area contributed by atoms with E-state index in [1.807, 2.05) is 0 Å². The van der Waals surface area contributed by atoms with Gasteiger partial charge in [-0.2, -0.15) is 0 Å². The van der Waals surface area contributed by atoms with Gasteiger partial charge >= 0.3 is 0 Å². The van der Waals surface area contributed by atoms with Gasteiger partial charge in [-0.05, 0) is 42.3 Å². The van der Waals surface area contributed by atoms with Crippen molar-refractivity contribution < 1.29 is 12.8 Å². The highest BCUT2D eigenvalue weighted by atomic mass is 32.2. The van der Waals surface area contributed by atoms with E-state index in [4.69, 9.17) is 5.73 Å². The zero-order valence-corrected chi connectivity index (χ0v) is 11.7. The molecule has 106 valence electrons. The van der Waals surface area contributed by atoms with Crippen molar-refractivity contribution in [2.24, 2.45) is 5.73 Å². The Kier molecular flexibility index (Phi) is 4.06. The van der Waals surface area contributed by atoms with Gasteiger partial charge < -0.3 is 5.73 Å². The summed E-state index contributed by atoms with van der Waals surface area (Å²) >= 11 is 0. The molecule has 20 heavy (non-hydrogen) atoms. The maximum atomic E-state index is 13.2. The molecular formula is C14H15FN2O2S. The minimum atomic E-state index is -3.74. The Morgan fingerprint density at radius 2 is 1.80 bits per heavy atom. The van der Waals surface area contributed by atoms with Crippen LogP contribution in [0.15, 0.2) is 47.4 Å². The van der Waals surface area contributed by atoms with Crippen LogP contribution in [0.5, 0.6) is 0 Å². The number of nitrogens with one attached hydrogen (secondary N) is 1. The lowest BCUT2D eigenvalue weighted by molar-refractivity contribution is 0.601. The number of aryl methyl sites for hydroxylation is 1. The first-order chi connectivity index (χ1) is 9.42. The first-order valence-corrected chi connectivity index (χ1v) is 7.48. The van der Waals surface area contributed by atoms with Crippen LogP contribution in [0.25, 0.3) is 0 Å². The van der Waals surface area contributed by atoms with E-state index in [-0.39, 0.29) is 10.6 Å². The lowest BCUT2D eigenvalue weighted by atomic mass is 10.2. The van der Waals surface area contributed by atoms with Crippen LogP contribution in [0, 0.1) is 12.7 Å². The first kappa shape index (κ1) is 14.5. The zero-order chi connectivity index (χ0) is 14.8. The molecule has 3 N–H and O–H groups in total. The number of halogens is 1. The summed E-state index contributed by atoms with van der Waals surface area (Å²) in [6.45, 7) is 2.05. The van der Waals surface area contributed by atoms with E-state index in [9.17, 15) is 12.8 Å². The van der Waals surface area contributed by atoms with Gasteiger partial charge in [-0.3, -0.25) is 4.72 Å². The number of hydrogen-bond acceptors (Lipinski definition) is 3. The molecule has 2 aromatic carbocycles. The fourth-order valence-corrected chi connectivity index (χ4v) is 2.83. The van der Waals surface area contributed by atoms with Crippen molar-refractivity contribution in [2.75, 3.05) is 4.72 Å². The molecule has 0 radical (unpaired) electrons. The monoisotopic (exact) mass is 294 g/mol. The van der Waals surface area contributed by atoms with E-state index in [1.165, 1.54) is 24.3 Å². The molecule has 0 atom stereocenters. The second-order valence-electron chi connectivity index (χ2n) is 4.41. The molecule has 0 unspecified atom stereocenters. The van der Waals surface area contributed by atoms with Gasteiger partial charge in [-0.25, -0.2) is 12.8 Å². The summed E-state index contributed by atoms with van der Waals surface area (Å²) in [4.78, 5) is 0.110. The largest absolute Gasteiger partial charge is 0.326 e. The number of nitrogens with two attached hydrogens (primary N) is 1. The van der Waals surface area contributed by atoms with Crippen LogP contribution in [-0.2, 0) is 16.6 Å². The Hall–Kier alpha value is -1.92. The molecule has 0 saturated carbocycles. The van der Waals surface area contributed by atoms with Crippen LogP contribution < -0.4 is 10.5 Å². The molecule has 2 aromatic rings. The Morgan fingerprint density at radius 3 is 2.40 bits per heavy atom. The number of sulfonamides is 1. The van der Waals surface area contributed by atoms with Gasteiger partial charge in [0.05, 0.1) is 10.6 Å². The molecule has 0 aliphatic heterocycles. The summed E-state index contributed by atoms with van der Waals surface area (Å²) in [5, 5.41) is 0. The summed E-state index contributed by atoms with van der Waals surface area (Å²) in [5.74, 6) is -0.494. The van der Waals surface area contributed by atoms with Gasteiger partial charge in [-0.1, -0.05) is 18.2 Å². The van der Waals surface area contributed by atoms with E-state index in [0.29, 0.717) is 12.1 Å². The highest BCUT2D eigenvalue weighted by Gasteiger charge is 2.15. The summed E-state index contributed by atoms with van der Waals surface area (Å²) in [5.41, 5.74) is 7.18. The normalized spacial score (nSPS) is 11.3. The predicted molar refractivity (Wildman–Crippen MR) is 76.3 cm³/mol. The van der Waals surface area contributed by atoms with Crippen molar-refractivity contribution in [3.8, 4) is 0 Å². The van der Waals surface area contributed by atoms with Crippen molar-refractivity contribution >= 4 is 15.7 Å². The Labute approximate surface area is 117 Å². The smallest absolute Gasteiger partial charge is 0.261 e. The summed E-state index contributed by atoms with van der Waals surface area (Å²) in [7, 11) is -3.74. The Morgan fingerprint density at radius 1 is 1.15 bits per heavy atom. The third kappa shape index (κ3) is 3.15. The maximum Gasteiger partial charge on any atom is 0.261 e. The molecule has 0 aliphatic carbocycles. The summed E-state index contributed by atoms with van der Waals surface area (Å²) in [6, 6.07) is 10.2. The quantitative estimate of drug-likeness (QED) is 0.909. The SMILES string of the molecule is Cc1ccc(F)cc1NS(=O)(=O)c1ccc(CN)cc1. The van der Waals surface area contributed by atoms with E-state index in [1.54, 1.807) is 19.1 Å². The van der Waals surface area contributed by atoms with Crippen molar-refractivity contribution in [3.63, 3.8) is 0 Å². The fourth-order valence-electron chi connectivity index (χ4n) is 1.71. The number of benzene rings is 2. The van der Waals surface area contributed by atoms with Crippen molar-refractivity contribution in [1.29, 1.82) is 0 Å². The summed E-state index contributed by atoms with van der Waals surface area (Å²) in [6.07, 6.45) is 0. The number of hydrogen-bond donors (Lipinski definition) is 2. The van der Waals surface area contributed by atoms with Crippen molar-refractivity contribution in [3.05, 3.63) is 59.4 Å². The molecule has 2 rings (SSSR count). The van der Waals surface area contributed by atoms with Crippen LogP contribution in [-0.4, -0.2) is 8.42 Å². The predicted octanol–water partition coefficient (Wildman–Crippen LogP) is 2.39. The average Bonchev–Trinajstić information content (AvgIpc) is 2.43. The van der Waals surface area contributed by atoms with E-state index >= 15 is 0 Å². The van der Waals surface area contributed by atoms with E-state index in [0.717, 1.165) is 11.6 Å². The number of rotatable bonds is 4. The molecule has 0 saturated heterocycles. The standard InChI is InChI=1S/C14H15FN2O2S/c1-10-2-5-12(15)8-14(10)17-20(18,19)13-6-3-11(9-16)4-7-13/h2-8,17H,9,16H2,1H3. The van der Waals surface area contributed by atoms with Gasteiger partial charge in [0, 0.05) is 6.54 Å². The van der Waals surface area contributed by atoms with Crippen molar-refractivity contribution in [1.82, 2.24) is 0 Å². The van der Waals surface area contributed by atoms with Gasteiger partial charge in [0.25, 0.3) is 10.0 Å². The molecule has 0 amide bonds. The lowest BCUT2D eigenvalue weighted by Crippen LogP contribution is -2.14. The maximum absolute atomic E-state index is 13.2. The molecular weight excluding hydrogens is 279 g/mol. The van der Waals surface area contributed by atoms with Gasteiger partial charge in [0.1, 0.15) is 5.82 Å². The topological polar surface area (TPSA) is 72.2 Å². The van der Waals surface area contributed by atoms with Crippen LogP contribution in [0.3, 0.4) is 0 Å². The van der Waals surface area contributed by atoms with Crippen LogP contribution in [0.2, 0.25) is 0 Å². The average molecular weight is 294 g/mol. The van der Waals surface area contributed by atoms with Gasteiger partial charge in [0.15, 0.2) is 0 Å². The van der Waals surface area contributed by atoms with E-state index < -0.39 is 15.8 Å². The molecule has 0 aromatic heterocycles. The minimum Gasteiger partial charge on any atom is -0.326 e. The van der Waals surface area contributed by atoms with Crippen LogP contribution in [0.4, 0.5) is 10.1 Å². The molecule has 0 aliphatic rings. The first-order valence-electron chi connectivity index (χ1n) is 6.00. The lowest BCUT2D eigenvalue weighted by Gasteiger charge is -2.11. The highest BCUT2D eigenvalue weighted by Crippen LogP contribution is 2.21. The Bertz CT molecular complexity index is 712. The zero-order valence-electron chi connectivity index (χ0n) is 10.9. The molecule has 0 bridgehead atoms. The third-order valence-electron chi connectivity index (χ3n) is 2.91. The Balaban J connectivity index is 2.32. The van der Waals surface area contributed by atoms with Crippen LogP contribution >= 0.6 is 0 Å². The number of anilines is 1. The minimum absolute atomic E-state index is 0.110. The fraction of sp³-hybridized carbons (Fsp3) is 0.143. The second kappa shape index (κ2) is 5.60. The molecule has 0 fully saturated rings. The van der Waals surface area contributed by atoms with E-state index in [2.05, 4.69) is 4.72 Å².